The van der Waals surface area contributed by atoms with Gasteiger partial charge in [-0.1, -0.05) is 48.2 Å². The Morgan fingerprint density at radius 2 is 1.57 bits per heavy atom. The van der Waals surface area contributed by atoms with Gasteiger partial charge in [0, 0.05) is 23.5 Å². The summed E-state index contributed by atoms with van der Waals surface area (Å²) in [5.41, 5.74) is 3.37. The lowest BCUT2D eigenvalue weighted by molar-refractivity contribution is -0.116. The number of rotatable bonds is 13. The Labute approximate surface area is 261 Å². The highest BCUT2D eigenvalue weighted by atomic mass is 32.2. The fraction of sp³-hybridized carbons (Fsp3) is 0.333. The van der Waals surface area contributed by atoms with Gasteiger partial charge in [0.25, 0.3) is 5.91 Å². The molecule has 11 heteroatoms. The zero-order chi connectivity index (χ0) is 30.9. The minimum atomic E-state index is -0.328. The first-order chi connectivity index (χ1) is 21.5. The van der Waals surface area contributed by atoms with Crippen molar-refractivity contribution in [1.82, 2.24) is 20.1 Å². The number of aromatic nitrogens is 3. The van der Waals surface area contributed by atoms with E-state index >= 15 is 0 Å². The van der Waals surface area contributed by atoms with Crippen LogP contribution in [0.1, 0.15) is 48.9 Å². The Kier molecular flexibility index (Phi) is 10.4. The monoisotopic (exact) mass is 615 g/mol. The minimum Gasteiger partial charge on any atom is -0.490 e. The van der Waals surface area contributed by atoms with Crippen LogP contribution < -0.4 is 24.4 Å². The lowest BCUT2D eigenvalue weighted by atomic mass is 10.0. The lowest BCUT2D eigenvalue weighted by Crippen LogP contribution is -2.36. The van der Waals surface area contributed by atoms with Gasteiger partial charge in [0.2, 0.25) is 11.7 Å². The van der Waals surface area contributed by atoms with Gasteiger partial charge >= 0.3 is 0 Å². The number of carbonyl (C=O) groups excluding carboxylic acids is 2. The van der Waals surface area contributed by atoms with E-state index < -0.39 is 0 Å². The van der Waals surface area contributed by atoms with Gasteiger partial charge in [-0.05, 0) is 69.5 Å². The van der Waals surface area contributed by atoms with E-state index in [9.17, 15) is 9.59 Å². The molecular weight excluding hydrogens is 578 g/mol. The quantitative estimate of drug-likeness (QED) is 0.198. The average molecular weight is 616 g/mol. The summed E-state index contributed by atoms with van der Waals surface area (Å²) in [5, 5.41) is 12.3. The molecule has 0 atom stereocenters. The zero-order valence-corrected chi connectivity index (χ0v) is 26.1. The fourth-order valence-corrected chi connectivity index (χ4v) is 5.97. The number of carbonyl (C=O) groups is 2. The van der Waals surface area contributed by atoms with Crippen molar-refractivity contribution in [2.24, 2.45) is 0 Å². The highest BCUT2D eigenvalue weighted by molar-refractivity contribution is 7.99. The summed E-state index contributed by atoms with van der Waals surface area (Å²) in [4.78, 5) is 28.6. The second-order valence-corrected chi connectivity index (χ2v) is 10.9. The van der Waals surface area contributed by atoms with E-state index in [0.717, 1.165) is 24.2 Å². The third-order valence-electron chi connectivity index (χ3n) is 7.03. The molecule has 1 aliphatic heterocycles. The molecule has 0 saturated carbocycles. The van der Waals surface area contributed by atoms with Crippen LogP contribution in [0.25, 0.3) is 5.69 Å². The number of ether oxygens (including phenoxy) is 3. The topological polar surface area (TPSA) is 108 Å². The highest BCUT2D eigenvalue weighted by Crippen LogP contribution is 2.39. The molecule has 0 fully saturated rings. The molecule has 0 unspecified atom stereocenters. The summed E-state index contributed by atoms with van der Waals surface area (Å²) in [6.45, 7) is 7.66. The molecule has 2 amide bonds. The maximum absolute atomic E-state index is 13.4. The molecule has 1 N–H and O–H groups in total. The first-order valence-electron chi connectivity index (χ1n) is 14.9. The molecule has 230 valence electrons. The standard InChI is InChI=1S/C33H37N5O5S/c1-4-41-27-19-24(20-28(42-5-2)31(27)43-6-3)32(40)34-21-29-35-36-33(38(29)25-15-8-7-9-16-25)44-22-30(39)37-18-12-14-23-13-10-11-17-26(23)37/h7-11,13,15-17,19-20H,4-6,12,14,18,21-22H2,1-3H3,(H,34,40). The molecule has 10 nitrogen and oxygen atoms in total. The summed E-state index contributed by atoms with van der Waals surface area (Å²) in [7, 11) is 0. The molecule has 0 spiro atoms. The number of hydrogen-bond acceptors (Lipinski definition) is 8. The maximum atomic E-state index is 13.4. The van der Waals surface area contributed by atoms with Crippen LogP contribution in [-0.4, -0.2) is 58.7 Å². The van der Waals surface area contributed by atoms with Crippen molar-refractivity contribution < 1.29 is 23.8 Å². The van der Waals surface area contributed by atoms with Crippen LogP contribution in [-0.2, 0) is 17.8 Å². The largest absolute Gasteiger partial charge is 0.490 e. The predicted molar refractivity (Wildman–Crippen MR) is 170 cm³/mol. The van der Waals surface area contributed by atoms with Gasteiger partial charge in [-0.3, -0.25) is 14.2 Å². The Morgan fingerprint density at radius 3 is 2.27 bits per heavy atom. The van der Waals surface area contributed by atoms with Gasteiger partial charge in [0.05, 0.1) is 32.1 Å². The first kappa shape index (κ1) is 30.9. The van der Waals surface area contributed by atoms with Crippen molar-refractivity contribution in [3.8, 4) is 22.9 Å². The van der Waals surface area contributed by atoms with Crippen molar-refractivity contribution in [2.75, 3.05) is 37.0 Å². The van der Waals surface area contributed by atoms with Crippen molar-refractivity contribution in [3.63, 3.8) is 0 Å². The van der Waals surface area contributed by atoms with Crippen LogP contribution in [0.3, 0.4) is 0 Å². The maximum Gasteiger partial charge on any atom is 0.251 e. The summed E-state index contributed by atoms with van der Waals surface area (Å²) in [5.74, 6) is 1.79. The molecule has 2 heterocycles. The summed E-state index contributed by atoms with van der Waals surface area (Å²) >= 11 is 1.33. The van der Waals surface area contributed by atoms with Crippen molar-refractivity contribution in [3.05, 3.63) is 83.7 Å². The van der Waals surface area contributed by atoms with Crippen LogP contribution in [0, 0.1) is 0 Å². The fourth-order valence-electron chi connectivity index (χ4n) is 5.12. The third kappa shape index (κ3) is 6.99. The Balaban J connectivity index is 1.35. The smallest absolute Gasteiger partial charge is 0.251 e. The van der Waals surface area contributed by atoms with Gasteiger partial charge in [0.15, 0.2) is 22.5 Å². The molecule has 44 heavy (non-hydrogen) atoms. The molecule has 0 bridgehead atoms. The second kappa shape index (κ2) is 14.8. The number of nitrogens with one attached hydrogen (secondary N) is 1. The average Bonchev–Trinajstić information content (AvgIpc) is 3.46. The van der Waals surface area contributed by atoms with Gasteiger partial charge < -0.3 is 24.4 Å². The van der Waals surface area contributed by atoms with E-state index in [4.69, 9.17) is 14.2 Å². The predicted octanol–water partition coefficient (Wildman–Crippen LogP) is 5.46. The van der Waals surface area contributed by atoms with E-state index in [1.165, 1.54) is 17.3 Å². The second-order valence-electron chi connectivity index (χ2n) is 9.92. The van der Waals surface area contributed by atoms with E-state index in [1.807, 2.05) is 78.8 Å². The van der Waals surface area contributed by atoms with Crippen LogP contribution in [0.4, 0.5) is 5.69 Å². The van der Waals surface area contributed by atoms with Crippen molar-refractivity contribution in [2.45, 2.75) is 45.3 Å². The molecule has 0 saturated heterocycles. The van der Waals surface area contributed by atoms with E-state index in [-0.39, 0.29) is 24.1 Å². The Hall–Kier alpha value is -4.51. The lowest BCUT2D eigenvalue weighted by Gasteiger charge is -2.29. The Morgan fingerprint density at radius 1 is 0.886 bits per heavy atom. The number of thioether (sulfide) groups is 1. The number of benzene rings is 3. The number of anilines is 1. The van der Waals surface area contributed by atoms with E-state index in [1.54, 1.807) is 12.1 Å². The number of amides is 2. The molecule has 4 aromatic rings. The summed E-state index contributed by atoms with van der Waals surface area (Å²) in [6, 6.07) is 21.0. The number of para-hydroxylation sites is 2. The normalized spacial score (nSPS) is 12.4. The number of nitrogens with zero attached hydrogens (tertiary/aromatic N) is 4. The summed E-state index contributed by atoms with van der Waals surface area (Å²) in [6.07, 6.45) is 1.91. The van der Waals surface area contributed by atoms with Crippen LogP contribution in [0.15, 0.2) is 71.9 Å². The molecule has 0 radical (unpaired) electrons. The first-order valence-corrected chi connectivity index (χ1v) is 15.9. The zero-order valence-electron chi connectivity index (χ0n) is 25.2. The molecule has 3 aromatic carbocycles. The SMILES string of the molecule is CCOc1cc(C(=O)NCc2nnc(SCC(=O)N3CCCc4ccccc43)n2-c2ccccc2)cc(OCC)c1OCC. The molecule has 1 aliphatic rings. The highest BCUT2D eigenvalue weighted by Gasteiger charge is 2.24. The minimum absolute atomic E-state index is 0.0188. The van der Waals surface area contributed by atoms with Gasteiger partial charge in [0.1, 0.15) is 0 Å². The van der Waals surface area contributed by atoms with Crippen molar-refractivity contribution >= 4 is 29.3 Å². The molecule has 5 rings (SSSR count). The molecular formula is C33H37N5O5S. The van der Waals surface area contributed by atoms with Crippen molar-refractivity contribution in [1.29, 1.82) is 0 Å². The van der Waals surface area contributed by atoms with Crippen LogP contribution in [0.2, 0.25) is 0 Å². The number of aryl methyl sites for hydroxylation is 1. The number of fused-ring (bicyclic) bond motifs is 1. The van der Waals surface area contributed by atoms with Gasteiger partial charge in [-0.2, -0.15) is 0 Å². The molecule has 1 aromatic heterocycles. The van der Waals surface area contributed by atoms with Crippen LogP contribution in [0.5, 0.6) is 17.2 Å². The van der Waals surface area contributed by atoms with Crippen LogP contribution >= 0.6 is 11.8 Å². The van der Waals surface area contributed by atoms with E-state index in [2.05, 4.69) is 21.6 Å². The molecule has 0 aliphatic carbocycles. The third-order valence-corrected chi connectivity index (χ3v) is 7.94. The van der Waals surface area contributed by atoms with Gasteiger partial charge in [-0.25, -0.2) is 0 Å². The summed E-state index contributed by atoms with van der Waals surface area (Å²) < 4.78 is 19.2. The Bertz CT molecular complexity index is 1570. The van der Waals surface area contributed by atoms with E-state index in [0.29, 0.717) is 60.2 Å². The van der Waals surface area contributed by atoms with Gasteiger partial charge in [-0.15, -0.1) is 10.2 Å². The number of hydrogen-bond donors (Lipinski definition) is 1.